The molecule has 1 atom stereocenters. The smallest absolute Gasteiger partial charge is 0.123 e. The molecule has 0 saturated heterocycles. The maximum absolute atomic E-state index is 10.2. The molecule has 0 fully saturated rings. The summed E-state index contributed by atoms with van der Waals surface area (Å²) in [4.78, 5) is 0. The van der Waals surface area contributed by atoms with Crippen LogP contribution in [0.25, 0.3) is 0 Å². The molecule has 2 aromatic carbocycles. The Morgan fingerprint density at radius 3 is 2.20 bits per heavy atom. The lowest BCUT2D eigenvalue weighted by Gasteiger charge is -2.34. The number of phenolic OH excluding ortho intramolecular Hbond substituents is 1. The highest BCUT2D eigenvalue weighted by atomic mass is 16.5. The molecule has 0 aliphatic heterocycles. The van der Waals surface area contributed by atoms with Crippen LogP contribution < -0.4 is 0 Å². The molecule has 20 heavy (non-hydrogen) atoms. The van der Waals surface area contributed by atoms with Crippen molar-refractivity contribution < 1.29 is 14.6 Å². The second-order valence-corrected chi connectivity index (χ2v) is 4.66. The number of ether oxygens (including phenoxy) is 2. The molecule has 0 amide bonds. The van der Waals surface area contributed by atoms with Gasteiger partial charge in [-0.05, 0) is 11.6 Å². The van der Waals surface area contributed by atoms with Gasteiger partial charge in [0.1, 0.15) is 11.4 Å². The van der Waals surface area contributed by atoms with Crippen LogP contribution in [0.2, 0.25) is 0 Å². The Hall–Kier alpha value is -1.84. The van der Waals surface area contributed by atoms with Gasteiger partial charge >= 0.3 is 0 Å². The van der Waals surface area contributed by atoms with Crippen molar-refractivity contribution in [2.24, 2.45) is 0 Å². The van der Waals surface area contributed by atoms with Gasteiger partial charge in [0.2, 0.25) is 0 Å². The highest BCUT2D eigenvalue weighted by Crippen LogP contribution is 2.40. The van der Waals surface area contributed by atoms with Crippen LogP contribution in [-0.4, -0.2) is 25.9 Å². The van der Waals surface area contributed by atoms with Crippen LogP contribution in [0, 0.1) is 0 Å². The molecule has 106 valence electrons. The van der Waals surface area contributed by atoms with Gasteiger partial charge in [-0.25, -0.2) is 0 Å². The van der Waals surface area contributed by atoms with Crippen LogP contribution in [0.1, 0.15) is 17.5 Å². The Morgan fingerprint density at radius 1 is 0.950 bits per heavy atom. The summed E-state index contributed by atoms with van der Waals surface area (Å²) >= 11 is 0. The Bertz CT molecular complexity index is 539. The van der Waals surface area contributed by atoms with Gasteiger partial charge in [-0.3, -0.25) is 0 Å². The molecular formula is C17H20O3. The van der Waals surface area contributed by atoms with Gasteiger partial charge in [-0.15, -0.1) is 0 Å². The van der Waals surface area contributed by atoms with Crippen LogP contribution >= 0.6 is 0 Å². The summed E-state index contributed by atoms with van der Waals surface area (Å²) < 4.78 is 11.1. The molecule has 0 saturated carbocycles. The van der Waals surface area contributed by atoms with Crippen LogP contribution in [0.3, 0.4) is 0 Å². The predicted octanol–water partition coefficient (Wildman–Crippen LogP) is 3.32. The Morgan fingerprint density at radius 2 is 1.60 bits per heavy atom. The highest BCUT2D eigenvalue weighted by molar-refractivity contribution is 5.44. The molecule has 1 N–H and O–H groups in total. The number of aromatic hydroxyl groups is 1. The molecule has 3 heteroatoms. The van der Waals surface area contributed by atoms with E-state index in [4.69, 9.17) is 9.47 Å². The molecule has 0 aliphatic carbocycles. The zero-order valence-corrected chi connectivity index (χ0v) is 11.9. The molecule has 3 nitrogen and oxygen atoms in total. The Labute approximate surface area is 119 Å². The van der Waals surface area contributed by atoms with Gasteiger partial charge in [0.25, 0.3) is 0 Å². The van der Waals surface area contributed by atoms with E-state index >= 15 is 0 Å². The standard InChI is InChI=1S/C17H20O3/c1-19-13-12-17(20-2,14-8-4-3-5-9-14)15-10-6-7-11-16(15)18/h3-11,18H,12-13H2,1-2H3. The minimum Gasteiger partial charge on any atom is -0.508 e. The van der Waals surface area contributed by atoms with E-state index in [0.29, 0.717) is 13.0 Å². The molecule has 1 unspecified atom stereocenters. The predicted molar refractivity (Wildman–Crippen MR) is 78.8 cm³/mol. The highest BCUT2D eigenvalue weighted by Gasteiger charge is 2.36. The summed E-state index contributed by atoms with van der Waals surface area (Å²) in [5.41, 5.74) is 1.05. The van der Waals surface area contributed by atoms with Gasteiger partial charge in [-0.2, -0.15) is 0 Å². The molecule has 2 aromatic rings. The lowest BCUT2D eigenvalue weighted by Crippen LogP contribution is -2.31. The number of para-hydroxylation sites is 1. The van der Waals surface area contributed by atoms with Crippen LogP contribution in [0.4, 0.5) is 0 Å². The Kier molecular flexibility index (Phi) is 4.77. The van der Waals surface area contributed by atoms with Gasteiger partial charge in [-0.1, -0.05) is 48.5 Å². The summed E-state index contributed by atoms with van der Waals surface area (Å²) in [6.45, 7) is 0.539. The maximum Gasteiger partial charge on any atom is 0.123 e. The van der Waals surface area contributed by atoms with E-state index in [1.165, 1.54) is 0 Å². The van der Waals surface area contributed by atoms with Crippen molar-refractivity contribution in [3.05, 3.63) is 65.7 Å². The first-order valence-corrected chi connectivity index (χ1v) is 6.62. The normalized spacial score (nSPS) is 13.9. The van der Waals surface area contributed by atoms with Crippen molar-refractivity contribution in [1.29, 1.82) is 0 Å². The van der Waals surface area contributed by atoms with Gasteiger partial charge in [0.05, 0.1) is 0 Å². The quantitative estimate of drug-likeness (QED) is 0.876. The first-order valence-electron chi connectivity index (χ1n) is 6.62. The number of methoxy groups -OCH3 is 2. The number of hydrogen-bond donors (Lipinski definition) is 1. The topological polar surface area (TPSA) is 38.7 Å². The van der Waals surface area contributed by atoms with E-state index in [2.05, 4.69) is 0 Å². The average molecular weight is 272 g/mol. The summed E-state index contributed by atoms with van der Waals surface area (Å²) in [7, 11) is 3.32. The van der Waals surface area contributed by atoms with Gasteiger partial charge in [0.15, 0.2) is 0 Å². The third-order valence-electron chi connectivity index (χ3n) is 3.59. The van der Waals surface area contributed by atoms with Crippen LogP contribution in [-0.2, 0) is 15.1 Å². The van der Waals surface area contributed by atoms with Crippen molar-refractivity contribution in [1.82, 2.24) is 0 Å². The van der Waals surface area contributed by atoms with Crippen molar-refractivity contribution in [2.45, 2.75) is 12.0 Å². The van der Waals surface area contributed by atoms with E-state index in [1.807, 2.05) is 42.5 Å². The minimum absolute atomic E-state index is 0.231. The zero-order valence-electron chi connectivity index (χ0n) is 11.9. The van der Waals surface area contributed by atoms with Gasteiger partial charge in [0, 0.05) is 32.8 Å². The summed E-state index contributed by atoms with van der Waals surface area (Å²) in [6.07, 6.45) is 0.627. The second kappa shape index (κ2) is 6.55. The molecule has 0 aliphatic rings. The van der Waals surface area contributed by atoms with Crippen molar-refractivity contribution in [2.75, 3.05) is 20.8 Å². The fraction of sp³-hybridized carbons (Fsp3) is 0.294. The fourth-order valence-corrected chi connectivity index (χ4v) is 2.53. The van der Waals surface area contributed by atoms with Crippen molar-refractivity contribution in [3.63, 3.8) is 0 Å². The van der Waals surface area contributed by atoms with Crippen molar-refractivity contribution in [3.8, 4) is 5.75 Å². The number of hydrogen-bond acceptors (Lipinski definition) is 3. The second-order valence-electron chi connectivity index (χ2n) is 4.66. The number of phenols is 1. The molecular weight excluding hydrogens is 252 g/mol. The third-order valence-corrected chi connectivity index (χ3v) is 3.59. The molecule has 2 rings (SSSR count). The van der Waals surface area contributed by atoms with Crippen molar-refractivity contribution >= 4 is 0 Å². The molecule has 0 radical (unpaired) electrons. The Balaban J connectivity index is 2.56. The zero-order chi connectivity index (χ0) is 14.4. The largest absolute Gasteiger partial charge is 0.508 e. The number of rotatable bonds is 6. The monoisotopic (exact) mass is 272 g/mol. The SMILES string of the molecule is COCCC(OC)(c1ccccc1)c1ccccc1O. The fourth-order valence-electron chi connectivity index (χ4n) is 2.53. The van der Waals surface area contributed by atoms with E-state index in [-0.39, 0.29) is 5.75 Å². The summed E-state index contributed by atoms with van der Waals surface area (Å²) in [5, 5.41) is 10.2. The van der Waals surface area contributed by atoms with E-state index in [0.717, 1.165) is 11.1 Å². The summed E-state index contributed by atoms with van der Waals surface area (Å²) in [5.74, 6) is 0.231. The van der Waals surface area contributed by atoms with Crippen LogP contribution in [0.5, 0.6) is 5.75 Å². The molecule has 0 heterocycles. The first kappa shape index (κ1) is 14.6. The number of benzene rings is 2. The molecule has 0 spiro atoms. The van der Waals surface area contributed by atoms with E-state index < -0.39 is 5.60 Å². The molecule has 0 aromatic heterocycles. The lowest BCUT2D eigenvalue weighted by atomic mass is 9.83. The van der Waals surface area contributed by atoms with Crippen LogP contribution in [0.15, 0.2) is 54.6 Å². The minimum atomic E-state index is -0.706. The van der Waals surface area contributed by atoms with E-state index in [9.17, 15) is 5.11 Å². The lowest BCUT2D eigenvalue weighted by molar-refractivity contribution is -0.00588. The van der Waals surface area contributed by atoms with E-state index in [1.54, 1.807) is 26.4 Å². The average Bonchev–Trinajstić information content (AvgIpc) is 2.51. The molecule has 0 bridgehead atoms. The third kappa shape index (κ3) is 2.69. The summed E-state index contributed by atoms with van der Waals surface area (Å²) in [6, 6.07) is 17.2. The maximum atomic E-state index is 10.2. The first-order chi connectivity index (χ1) is 9.74. The van der Waals surface area contributed by atoms with Gasteiger partial charge < -0.3 is 14.6 Å².